The van der Waals surface area contributed by atoms with Crippen molar-refractivity contribution in [2.75, 3.05) is 0 Å². The molecule has 4 aromatic rings. The Hall–Kier alpha value is -3.12. The average molecular weight is 419 g/mol. The second-order valence-corrected chi connectivity index (χ2v) is 9.54. The second-order valence-electron chi connectivity index (χ2n) is 9.54. The van der Waals surface area contributed by atoms with E-state index < -0.39 is 0 Å². The zero-order chi connectivity index (χ0) is 22.7. The number of hydrogen-bond donors (Lipinski definition) is 0. The molecule has 0 unspecified atom stereocenters. The van der Waals surface area contributed by atoms with Gasteiger partial charge in [-0.3, -0.25) is 0 Å². The van der Waals surface area contributed by atoms with Crippen LogP contribution in [-0.4, -0.2) is 0 Å². The Bertz CT molecular complexity index is 1180. The maximum Gasteiger partial charge on any atom is 0.0147 e. The Morgan fingerprint density at radius 3 is 1.66 bits per heavy atom. The molecule has 0 spiro atoms. The highest BCUT2D eigenvalue weighted by Gasteiger charge is 2.25. The molecule has 0 radical (unpaired) electrons. The van der Waals surface area contributed by atoms with E-state index >= 15 is 0 Å². The fourth-order valence-corrected chi connectivity index (χ4v) is 4.64. The van der Waals surface area contributed by atoms with Crippen molar-refractivity contribution in [2.45, 2.75) is 52.4 Å². The predicted molar refractivity (Wildman–Crippen MR) is 139 cm³/mol. The Morgan fingerprint density at radius 2 is 1.12 bits per heavy atom. The summed E-state index contributed by atoms with van der Waals surface area (Å²) in [6.07, 6.45) is 1.03. The lowest BCUT2D eigenvalue weighted by Crippen LogP contribution is -2.19. The second kappa shape index (κ2) is 9.17. The van der Waals surface area contributed by atoms with E-state index in [0.717, 1.165) is 6.42 Å². The van der Waals surface area contributed by atoms with E-state index in [2.05, 4.69) is 132 Å². The highest BCUT2D eigenvalue weighted by atomic mass is 14.3. The standard InChI is InChI=1S/C32H34/c1-6-24-17-18-27(21-30(24)25-13-9-7-10-14-25)32(4,5)28-19-20-29(23(2)3)31(22-28)26-15-11-8-12-16-26/h7-23H,6H2,1-5H3. The van der Waals surface area contributed by atoms with Crippen LogP contribution >= 0.6 is 0 Å². The van der Waals surface area contributed by atoms with Crippen LogP contribution in [0.5, 0.6) is 0 Å². The third-order valence-corrected chi connectivity index (χ3v) is 6.78. The minimum atomic E-state index is -0.102. The lowest BCUT2D eigenvalue weighted by Gasteiger charge is -2.29. The first-order chi connectivity index (χ1) is 15.4. The molecule has 32 heavy (non-hydrogen) atoms. The number of benzene rings is 4. The van der Waals surface area contributed by atoms with Crippen LogP contribution in [-0.2, 0) is 11.8 Å². The van der Waals surface area contributed by atoms with Gasteiger partial charge in [0.15, 0.2) is 0 Å². The van der Waals surface area contributed by atoms with Gasteiger partial charge >= 0.3 is 0 Å². The summed E-state index contributed by atoms with van der Waals surface area (Å²) in [5.41, 5.74) is 10.7. The molecule has 0 bridgehead atoms. The molecular formula is C32H34. The summed E-state index contributed by atoms with van der Waals surface area (Å²) in [7, 11) is 0. The van der Waals surface area contributed by atoms with Gasteiger partial charge in [0.05, 0.1) is 0 Å². The minimum Gasteiger partial charge on any atom is -0.0622 e. The lowest BCUT2D eigenvalue weighted by atomic mass is 9.75. The molecule has 0 fully saturated rings. The van der Waals surface area contributed by atoms with Gasteiger partial charge in [0.25, 0.3) is 0 Å². The lowest BCUT2D eigenvalue weighted by molar-refractivity contribution is 0.640. The van der Waals surface area contributed by atoms with Crippen LogP contribution < -0.4 is 0 Å². The molecule has 0 aliphatic carbocycles. The summed E-state index contributed by atoms with van der Waals surface area (Å²) < 4.78 is 0. The maximum absolute atomic E-state index is 2.42. The van der Waals surface area contributed by atoms with Crippen molar-refractivity contribution in [3.63, 3.8) is 0 Å². The van der Waals surface area contributed by atoms with Crippen LogP contribution in [0.25, 0.3) is 22.3 Å². The topological polar surface area (TPSA) is 0 Å². The maximum atomic E-state index is 2.42. The molecule has 0 atom stereocenters. The zero-order valence-corrected chi connectivity index (χ0v) is 20.0. The first kappa shape index (κ1) is 22.1. The largest absolute Gasteiger partial charge is 0.0622 e. The van der Waals surface area contributed by atoms with Crippen molar-refractivity contribution < 1.29 is 0 Å². The molecule has 0 heterocycles. The number of hydrogen-bond acceptors (Lipinski definition) is 0. The molecule has 0 aliphatic rings. The SMILES string of the molecule is CCc1ccc(C(C)(C)c2ccc(C(C)C)c(-c3ccccc3)c2)cc1-c1ccccc1. The van der Waals surface area contributed by atoms with E-state index in [9.17, 15) is 0 Å². The Morgan fingerprint density at radius 1 is 0.625 bits per heavy atom. The fourth-order valence-electron chi connectivity index (χ4n) is 4.64. The van der Waals surface area contributed by atoms with E-state index in [0.29, 0.717) is 5.92 Å². The van der Waals surface area contributed by atoms with Crippen LogP contribution in [0.1, 0.15) is 62.8 Å². The molecule has 0 saturated carbocycles. The van der Waals surface area contributed by atoms with Crippen molar-refractivity contribution in [3.8, 4) is 22.3 Å². The first-order valence-corrected chi connectivity index (χ1v) is 11.8. The smallest absolute Gasteiger partial charge is 0.0147 e. The normalized spacial score (nSPS) is 11.7. The van der Waals surface area contributed by atoms with Gasteiger partial charge in [-0.05, 0) is 69.0 Å². The van der Waals surface area contributed by atoms with Gasteiger partial charge in [-0.1, -0.05) is 120 Å². The van der Waals surface area contributed by atoms with Gasteiger partial charge in [0.1, 0.15) is 0 Å². The van der Waals surface area contributed by atoms with Crippen molar-refractivity contribution in [1.82, 2.24) is 0 Å². The molecule has 0 aromatic heterocycles. The Kier molecular flexibility index (Phi) is 6.33. The summed E-state index contributed by atoms with van der Waals surface area (Å²) in [5.74, 6) is 0.482. The molecule has 0 heteroatoms. The number of rotatable bonds is 6. The summed E-state index contributed by atoms with van der Waals surface area (Å²) in [4.78, 5) is 0. The molecule has 162 valence electrons. The van der Waals surface area contributed by atoms with E-state index in [1.165, 1.54) is 44.5 Å². The Balaban J connectivity index is 1.84. The molecule has 4 aromatic carbocycles. The highest BCUT2D eigenvalue weighted by Crippen LogP contribution is 2.39. The molecule has 0 nitrogen and oxygen atoms in total. The van der Waals surface area contributed by atoms with Gasteiger partial charge in [0, 0.05) is 5.41 Å². The van der Waals surface area contributed by atoms with E-state index in [1.807, 2.05) is 0 Å². The van der Waals surface area contributed by atoms with Crippen molar-refractivity contribution >= 4 is 0 Å². The van der Waals surface area contributed by atoms with Crippen LogP contribution in [0, 0.1) is 0 Å². The zero-order valence-electron chi connectivity index (χ0n) is 20.0. The van der Waals surface area contributed by atoms with E-state index in [4.69, 9.17) is 0 Å². The van der Waals surface area contributed by atoms with Crippen molar-refractivity contribution in [1.29, 1.82) is 0 Å². The minimum absolute atomic E-state index is 0.102. The molecule has 0 N–H and O–H groups in total. The van der Waals surface area contributed by atoms with E-state index in [-0.39, 0.29) is 5.41 Å². The highest BCUT2D eigenvalue weighted by molar-refractivity contribution is 5.71. The quantitative estimate of drug-likeness (QED) is 0.293. The molecule has 0 amide bonds. The molecule has 0 aliphatic heterocycles. The third-order valence-electron chi connectivity index (χ3n) is 6.78. The summed E-state index contributed by atoms with van der Waals surface area (Å²) in [6.45, 7) is 11.5. The third kappa shape index (κ3) is 4.28. The van der Waals surface area contributed by atoms with Gasteiger partial charge in [-0.2, -0.15) is 0 Å². The summed E-state index contributed by atoms with van der Waals surface area (Å²) in [6, 6.07) is 35.7. The first-order valence-electron chi connectivity index (χ1n) is 11.8. The Labute approximate surface area is 194 Å². The van der Waals surface area contributed by atoms with Crippen LogP contribution in [0.4, 0.5) is 0 Å². The van der Waals surface area contributed by atoms with Gasteiger partial charge in [0.2, 0.25) is 0 Å². The average Bonchev–Trinajstić information content (AvgIpc) is 2.84. The number of aryl methyl sites for hydroxylation is 1. The van der Waals surface area contributed by atoms with Crippen LogP contribution in [0.2, 0.25) is 0 Å². The molecular weight excluding hydrogens is 384 g/mol. The summed E-state index contributed by atoms with van der Waals surface area (Å²) >= 11 is 0. The molecule has 4 rings (SSSR count). The summed E-state index contributed by atoms with van der Waals surface area (Å²) in [5, 5.41) is 0. The van der Waals surface area contributed by atoms with Gasteiger partial charge in [-0.15, -0.1) is 0 Å². The fraction of sp³-hybridized carbons (Fsp3) is 0.250. The monoisotopic (exact) mass is 418 g/mol. The molecule has 0 saturated heterocycles. The van der Waals surface area contributed by atoms with Crippen LogP contribution in [0.15, 0.2) is 97.1 Å². The van der Waals surface area contributed by atoms with E-state index in [1.54, 1.807) is 0 Å². The van der Waals surface area contributed by atoms with Crippen molar-refractivity contribution in [3.05, 3.63) is 119 Å². The van der Waals surface area contributed by atoms with Gasteiger partial charge < -0.3 is 0 Å². The van der Waals surface area contributed by atoms with Crippen LogP contribution in [0.3, 0.4) is 0 Å². The predicted octanol–water partition coefficient (Wildman–Crippen LogP) is 9.03. The van der Waals surface area contributed by atoms with Gasteiger partial charge in [-0.25, -0.2) is 0 Å². The van der Waals surface area contributed by atoms with Crippen molar-refractivity contribution in [2.24, 2.45) is 0 Å².